The first kappa shape index (κ1) is 18.7. The lowest BCUT2D eigenvalue weighted by molar-refractivity contribution is 0.141. The highest BCUT2D eigenvalue weighted by Gasteiger charge is 2.31. The van der Waals surface area contributed by atoms with Gasteiger partial charge in [-0.3, -0.25) is 9.58 Å². The number of hydrogen-bond acceptors (Lipinski definition) is 5. The van der Waals surface area contributed by atoms with Gasteiger partial charge in [-0.15, -0.1) is 0 Å². The Kier molecular flexibility index (Phi) is 4.48. The van der Waals surface area contributed by atoms with Crippen LogP contribution in [0.2, 0.25) is 0 Å². The Morgan fingerprint density at radius 2 is 1.97 bits per heavy atom. The number of likely N-dealkylation sites (N-methyl/N-ethyl adjacent to an activating group) is 1. The second-order valence-electron chi connectivity index (χ2n) is 7.65. The van der Waals surface area contributed by atoms with Gasteiger partial charge in [-0.2, -0.15) is 5.10 Å². The highest BCUT2D eigenvalue weighted by molar-refractivity contribution is 5.93. The van der Waals surface area contributed by atoms with E-state index in [4.69, 9.17) is 0 Å². The molecule has 10 heteroatoms. The summed E-state index contributed by atoms with van der Waals surface area (Å²) in [5.74, 6) is 0.0762. The Labute approximate surface area is 171 Å². The molecule has 2 fully saturated rings. The first-order valence-corrected chi connectivity index (χ1v) is 9.88. The molecule has 1 unspecified atom stereocenters. The number of benzene rings is 1. The quantitative estimate of drug-likeness (QED) is 0.658. The van der Waals surface area contributed by atoms with Crippen LogP contribution in [0.3, 0.4) is 0 Å². The summed E-state index contributed by atoms with van der Waals surface area (Å²) in [5.41, 5.74) is 1.29. The van der Waals surface area contributed by atoms with Crippen molar-refractivity contribution in [3.63, 3.8) is 0 Å². The van der Waals surface area contributed by atoms with Gasteiger partial charge in [-0.05, 0) is 18.6 Å². The van der Waals surface area contributed by atoms with Crippen molar-refractivity contribution in [2.24, 2.45) is 0 Å². The van der Waals surface area contributed by atoms with Crippen LogP contribution in [-0.2, 0) is 0 Å². The minimum Gasteiger partial charge on any atom is -0.354 e. The van der Waals surface area contributed by atoms with Crippen LogP contribution >= 0.6 is 0 Å². The van der Waals surface area contributed by atoms with Crippen LogP contribution in [0.1, 0.15) is 24.7 Å². The van der Waals surface area contributed by atoms with Crippen LogP contribution in [0.25, 0.3) is 10.9 Å². The van der Waals surface area contributed by atoms with Crippen molar-refractivity contribution in [3.05, 3.63) is 42.5 Å². The van der Waals surface area contributed by atoms with Crippen molar-refractivity contribution in [1.29, 1.82) is 0 Å². The molecule has 3 aromatic rings. The molecule has 2 aliphatic heterocycles. The van der Waals surface area contributed by atoms with E-state index >= 15 is 0 Å². The van der Waals surface area contributed by atoms with Gasteiger partial charge in [-0.25, -0.2) is 23.5 Å². The van der Waals surface area contributed by atoms with Gasteiger partial charge in [-0.1, -0.05) is 12.1 Å². The zero-order chi connectivity index (χ0) is 20.8. The minimum absolute atomic E-state index is 0.0328. The van der Waals surface area contributed by atoms with E-state index in [1.807, 2.05) is 27.9 Å². The fraction of sp³-hybridized carbons (Fsp3) is 0.400. The monoisotopic (exact) mass is 413 g/mol. The lowest BCUT2D eigenvalue weighted by atomic mass is 10.2. The van der Waals surface area contributed by atoms with E-state index < -0.39 is 12.2 Å². The van der Waals surface area contributed by atoms with E-state index in [9.17, 15) is 13.6 Å². The maximum Gasteiger partial charge on any atom is 0.324 e. The van der Waals surface area contributed by atoms with Crippen molar-refractivity contribution in [2.45, 2.75) is 18.9 Å². The molecular weight excluding hydrogens is 392 g/mol. The van der Waals surface area contributed by atoms with E-state index in [-0.39, 0.29) is 12.1 Å². The van der Waals surface area contributed by atoms with Crippen LogP contribution in [0.15, 0.2) is 36.7 Å². The SMILES string of the molecule is CN1CCN(c2cnn(C3CCN(c4nc(C(F)F)nc5ccccc45)C3)c2)C1=O. The summed E-state index contributed by atoms with van der Waals surface area (Å²) in [6.07, 6.45) is 1.66. The zero-order valence-electron chi connectivity index (χ0n) is 16.4. The van der Waals surface area contributed by atoms with Gasteiger partial charge in [0.1, 0.15) is 5.82 Å². The van der Waals surface area contributed by atoms with Gasteiger partial charge in [0, 0.05) is 44.8 Å². The van der Waals surface area contributed by atoms with Crippen LogP contribution in [0, 0.1) is 0 Å². The lowest BCUT2D eigenvalue weighted by Crippen LogP contribution is -2.28. The van der Waals surface area contributed by atoms with E-state index in [0.717, 1.165) is 17.5 Å². The molecule has 5 rings (SSSR count). The zero-order valence-corrected chi connectivity index (χ0v) is 16.4. The average molecular weight is 413 g/mol. The number of amides is 2. The maximum absolute atomic E-state index is 13.3. The molecule has 0 aliphatic carbocycles. The van der Waals surface area contributed by atoms with Crippen molar-refractivity contribution in [1.82, 2.24) is 24.6 Å². The number of urea groups is 1. The fourth-order valence-electron chi connectivity index (χ4n) is 4.12. The molecule has 0 spiro atoms. The predicted molar refractivity (Wildman–Crippen MR) is 108 cm³/mol. The molecule has 30 heavy (non-hydrogen) atoms. The van der Waals surface area contributed by atoms with Crippen LogP contribution in [-0.4, -0.2) is 63.9 Å². The topological polar surface area (TPSA) is 70.4 Å². The van der Waals surface area contributed by atoms with Crippen molar-refractivity contribution in [3.8, 4) is 0 Å². The maximum atomic E-state index is 13.3. The number of carbonyl (C=O) groups excluding carboxylic acids is 1. The van der Waals surface area contributed by atoms with E-state index in [2.05, 4.69) is 15.1 Å². The van der Waals surface area contributed by atoms with Crippen LogP contribution < -0.4 is 9.80 Å². The molecule has 156 valence electrons. The summed E-state index contributed by atoms with van der Waals surface area (Å²) in [4.78, 5) is 25.8. The largest absolute Gasteiger partial charge is 0.354 e. The number of fused-ring (bicyclic) bond motifs is 1. The first-order chi connectivity index (χ1) is 14.5. The number of hydrogen-bond donors (Lipinski definition) is 0. The minimum atomic E-state index is -2.73. The van der Waals surface area contributed by atoms with Crippen molar-refractivity contribution in [2.75, 3.05) is 43.0 Å². The fourth-order valence-corrected chi connectivity index (χ4v) is 4.12. The van der Waals surface area contributed by atoms with Gasteiger partial charge in [0.25, 0.3) is 6.43 Å². The molecule has 2 amide bonds. The molecule has 2 aliphatic rings. The molecular formula is C20H21F2N7O. The number of rotatable bonds is 4. The third kappa shape index (κ3) is 3.12. The number of aromatic nitrogens is 4. The summed E-state index contributed by atoms with van der Waals surface area (Å²) in [6.45, 7) is 2.60. The molecule has 0 radical (unpaired) electrons. The highest BCUT2D eigenvalue weighted by Crippen LogP contribution is 2.32. The summed E-state index contributed by atoms with van der Waals surface area (Å²) in [6, 6.07) is 7.25. The molecule has 4 heterocycles. The van der Waals surface area contributed by atoms with Gasteiger partial charge in [0.2, 0.25) is 0 Å². The third-order valence-electron chi connectivity index (χ3n) is 5.75. The molecule has 2 saturated heterocycles. The van der Waals surface area contributed by atoms with Gasteiger partial charge < -0.3 is 9.80 Å². The smallest absolute Gasteiger partial charge is 0.324 e. The molecule has 0 bridgehead atoms. The van der Waals surface area contributed by atoms with Gasteiger partial charge in [0.05, 0.1) is 23.4 Å². The van der Waals surface area contributed by atoms with Crippen LogP contribution in [0.4, 0.5) is 25.1 Å². The Bertz CT molecular complexity index is 1100. The predicted octanol–water partition coefficient (Wildman–Crippen LogP) is 3.09. The molecule has 8 nitrogen and oxygen atoms in total. The van der Waals surface area contributed by atoms with E-state index in [1.165, 1.54) is 0 Å². The van der Waals surface area contributed by atoms with E-state index in [0.29, 0.717) is 37.5 Å². The molecule has 0 saturated carbocycles. The number of halogens is 2. The standard InChI is InChI=1S/C20H21F2N7O/c1-26-8-9-28(20(26)30)14-10-23-29(12-14)13-6-7-27(11-13)19-15-4-2-3-5-16(15)24-18(25-19)17(21)22/h2-5,10,12-13,17H,6-9,11H2,1H3. The second kappa shape index (κ2) is 7.19. The second-order valence-corrected chi connectivity index (χ2v) is 7.65. The molecule has 0 N–H and O–H groups in total. The summed E-state index contributed by atoms with van der Waals surface area (Å²) >= 11 is 0. The third-order valence-corrected chi connectivity index (χ3v) is 5.75. The highest BCUT2D eigenvalue weighted by atomic mass is 19.3. The number of para-hydroxylation sites is 1. The Morgan fingerprint density at radius 1 is 1.13 bits per heavy atom. The van der Waals surface area contributed by atoms with Crippen molar-refractivity contribution >= 4 is 28.4 Å². The number of carbonyl (C=O) groups is 1. The summed E-state index contributed by atoms with van der Waals surface area (Å²) < 4.78 is 28.5. The van der Waals surface area contributed by atoms with Crippen LogP contribution in [0.5, 0.6) is 0 Å². The van der Waals surface area contributed by atoms with Gasteiger partial charge in [0.15, 0.2) is 5.82 Å². The summed E-state index contributed by atoms with van der Waals surface area (Å²) in [5, 5.41) is 5.22. The number of nitrogens with zero attached hydrogens (tertiary/aromatic N) is 7. The summed E-state index contributed by atoms with van der Waals surface area (Å²) in [7, 11) is 1.78. The van der Waals surface area contributed by atoms with E-state index in [1.54, 1.807) is 35.2 Å². The lowest BCUT2D eigenvalue weighted by Gasteiger charge is -2.20. The Balaban J connectivity index is 1.40. The van der Waals surface area contributed by atoms with Crippen molar-refractivity contribution < 1.29 is 13.6 Å². The molecule has 1 atom stereocenters. The first-order valence-electron chi connectivity index (χ1n) is 9.88. The average Bonchev–Trinajstić information content (AvgIpc) is 3.48. The van der Waals surface area contributed by atoms with Gasteiger partial charge >= 0.3 is 6.03 Å². The molecule has 1 aromatic carbocycles. The Hall–Kier alpha value is -3.30. The normalized spacial score (nSPS) is 19.7. The number of alkyl halides is 2. The molecule has 2 aromatic heterocycles. The Morgan fingerprint density at radius 3 is 2.73 bits per heavy atom. The number of anilines is 2.